The van der Waals surface area contributed by atoms with Crippen LogP contribution in [0.15, 0.2) is 36.4 Å². The zero-order valence-corrected chi connectivity index (χ0v) is 14.5. The Kier molecular flexibility index (Phi) is 5.09. The molecule has 1 saturated carbocycles. The SMILES string of the molecule is C/C=C/C=C/[C@@H]1CCC[C@H]2c3ccc(OC)c(OC)c3CC[C@H]12. The minimum atomic E-state index is 0.674. The Morgan fingerprint density at radius 2 is 1.91 bits per heavy atom. The smallest absolute Gasteiger partial charge is 0.164 e. The molecule has 0 saturated heterocycles. The molecular formula is C21H28O2. The number of methoxy groups -OCH3 is 2. The van der Waals surface area contributed by atoms with E-state index in [1.165, 1.54) is 36.8 Å². The Morgan fingerprint density at radius 1 is 1.04 bits per heavy atom. The summed E-state index contributed by atoms with van der Waals surface area (Å²) in [5.74, 6) is 3.98. The van der Waals surface area contributed by atoms with Crippen LogP contribution in [0.3, 0.4) is 0 Å². The molecule has 0 aliphatic heterocycles. The summed E-state index contributed by atoms with van der Waals surface area (Å²) in [5.41, 5.74) is 2.88. The number of fused-ring (bicyclic) bond motifs is 3. The van der Waals surface area contributed by atoms with E-state index in [0.29, 0.717) is 11.8 Å². The van der Waals surface area contributed by atoms with Gasteiger partial charge in [0.2, 0.25) is 0 Å². The van der Waals surface area contributed by atoms with Crippen LogP contribution in [0, 0.1) is 11.8 Å². The molecule has 0 bridgehead atoms. The average Bonchev–Trinajstić information content (AvgIpc) is 2.60. The van der Waals surface area contributed by atoms with Crippen molar-refractivity contribution in [2.24, 2.45) is 11.8 Å². The molecule has 0 spiro atoms. The van der Waals surface area contributed by atoms with Gasteiger partial charge in [-0.2, -0.15) is 0 Å². The van der Waals surface area contributed by atoms with Crippen molar-refractivity contribution in [3.63, 3.8) is 0 Å². The topological polar surface area (TPSA) is 18.5 Å². The zero-order valence-electron chi connectivity index (χ0n) is 14.5. The lowest BCUT2D eigenvalue weighted by molar-refractivity contribution is 0.214. The Balaban J connectivity index is 1.92. The highest BCUT2D eigenvalue weighted by molar-refractivity contribution is 5.53. The summed E-state index contributed by atoms with van der Waals surface area (Å²) in [4.78, 5) is 0. The van der Waals surface area contributed by atoms with Gasteiger partial charge in [0.1, 0.15) is 0 Å². The van der Waals surface area contributed by atoms with Crippen molar-refractivity contribution in [1.29, 1.82) is 0 Å². The number of hydrogen-bond acceptors (Lipinski definition) is 2. The molecule has 3 atom stereocenters. The molecule has 0 aromatic heterocycles. The second-order valence-corrected chi connectivity index (χ2v) is 6.68. The summed E-state index contributed by atoms with van der Waals surface area (Å²) in [7, 11) is 3.48. The van der Waals surface area contributed by atoms with Gasteiger partial charge in [0.05, 0.1) is 14.2 Å². The van der Waals surface area contributed by atoms with Gasteiger partial charge in [-0.1, -0.05) is 36.8 Å². The van der Waals surface area contributed by atoms with Gasteiger partial charge in [0, 0.05) is 5.56 Å². The van der Waals surface area contributed by atoms with E-state index >= 15 is 0 Å². The molecule has 0 radical (unpaired) electrons. The van der Waals surface area contributed by atoms with Crippen LogP contribution in [-0.2, 0) is 6.42 Å². The first-order valence-electron chi connectivity index (χ1n) is 8.83. The quantitative estimate of drug-likeness (QED) is 0.704. The number of allylic oxidation sites excluding steroid dienone is 4. The van der Waals surface area contributed by atoms with Gasteiger partial charge in [-0.05, 0) is 62.0 Å². The van der Waals surface area contributed by atoms with Crippen molar-refractivity contribution in [2.45, 2.75) is 44.9 Å². The maximum Gasteiger partial charge on any atom is 0.164 e. The van der Waals surface area contributed by atoms with E-state index in [4.69, 9.17) is 9.47 Å². The molecule has 0 N–H and O–H groups in total. The molecule has 2 nitrogen and oxygen atoms in total. The van der Waals surface area contributed by atoms with Crippen LogP contribution in [0.4, 0.5) is 0 Å². The van der Waals surface area contributed by atoms with Crippen LogP contribution in [0.2, 0.25) is 0 Å². The predicted molar refractivity (Wildman–Crippen MR) is 95.4 cm³/mol. The van der Waals surface area contributed by atoms with Crippen molar-refractivity contribution < 1.29 is 9.47 Å². The van der Waals surface area contributed by atoms with Gasteiger partial charge in [0.15, 0.2) is 11.5 Å². The molecule has 1 fully saturated rings. The Bertz CT molecular complexity index is 600. The molecule has 1 aromatic rings. The molecule has 124 valence electrons. The Hall–Kier alpha value is -1.70. The third kappa shape index (κ3) is 3.04. The van der Waals surface area contributed by atoms with E-state index in [-0.39, 0.29) is 0 Å². The summed E-state index contributed by atoms with van der Waals surface area (Å²) >= 11 is 0. The van der Waals surface area contributed by atoms with Gasteiger partial charge >= 0.3 is 0 Å². The van der Waals surface area contributed by atoms with E-state index < -0.39 is 0 Å². The van der Waals surface area contributed by atoms with Gasteiger partial charge in [-0.3, -0.25) is 0 Å². The fourth-order valence-electron chi connectivity index (χ4n) is 4.58. The highest BCUT2D eigenvalue weighted by Gasteiger charge is 2.37. The van der Waals surface area contributed by atoms with Gasteiger partial charge < -0.3 is 9.47 Å². The van der Waals surface area contributed by atoms with Gasteiger partial charge in [0.25, 0.3) is 0 Å². The van der Waals surface area contributed by atoms with Crippen molar-refractivity contribution in [3.05, 3.63) is 47.6 Å². The molecule has 2 aliphatic rings. The van der Waals surface area contributed by atoms with E-state index in [1.807, 2.05) is 0 Å². The molecule has 0 amide bonds. The fourth-order valence-corrected chi connectivity index (χ4v) is 4.58. The monoisotopic (exact) mass is 312 g/mol. The van der Waals surface area contributed by atoms with E-state index in [9.17, 15) is 0 Å². The van der Waals surface area contributed by atoms with Crippen LogP contribution in [0.1, 0.15) is 49.7 Å². The van der Waals surface area contributed by atoms with Crippen molar-refractivity contribution in [2.75, 3.05) is 14.2 Å². The van der Waals surface area contributed by atoms with Gasteiger partial charge in [-0.15, -0.1) is 0 Å². The fraction of sp³-hybridized carbons (Fsp3) is 0.524. The van der Waals surface area contributed by atoms with E-state index in [1.54, 1.807) is 14.2 Å². The molecule has 2 heteroatoms. The minimum absolute atomic E-state index is 0.674. The average molecular weight is 312 g/mol. The minimum Gasteiger partial charge on any atom is -0.493 e. The standard InChI is InChI=1S/C21H28O2/c1-4-5-6-8-15-9-7-10-17-16(15)11-12-19-18(17)13-14-20(22-2)21(19)23-3/h4-6,8,13-17H,7,9-12H2,1-3H3/b5-4+,8-6+/t15-,16-,17-/m1/s1. The molecule has 23 heavy (non-hydrogen) atoms. The molecule has 2 aliphatic carbocycles. The Morgan fingerprint density at radius 3 is 2.65 bits per heavy atom. The Labute approximate surface area is 140 Å². The van der Waals surface area contributed by atoms with Crippen molar-refractivity contribution in [1.82, 2.24) is 0 Å². The number of hydrogen-bond donors (Lipinski definition) is 0. The maximum atomic E-state index is 5.67. The lowest BCUT2D eigenvalue weighted by Gasteiger charge is -2.42. The summed E-state index contributed by atoms with van der Waals surface area (Å²) in [6.07, 6.45) is 15.2. The largest absolute Gasteiger partial charge is 0.493 e. The second-order valence-electron chi connectivity index (χ2n) is 6.68. The summed E-state index contributed by atoms with van der Waals surface area (Å²) in [5, 5.41) is 0. The molecule has 0 heterocycles. The lowest BCUT2D eigenvalue weighted by Crippen LogP contribution is -2.30. The van der Waals surface area contributed by atoms with Crippen molar-refractivity contribution in [3.8, 4) is 11.5 Å². The molecule has 1 aromatic carbocycles. The highest BCUT2D eigenvalue weighted by Crippen LogP contribution is 2.51. The summed E-state index contributed by atoms with van der Waals surface area (Å²) < 4.78 is 11.2. The van der Waals surface area contributed by atoms with E-state index in [2.05, 4.69) is 43.4 Å². The maximum absolute atomic E-state index is 5.67. The predicted octanol–water partition coefficient (Wildman–Crippen LogP) is 5.28. The zero-order chi connectivity index (χ0) is 16.2. The summed E-state index contributed by atoms with van der Waals surface area (Å²) in [6.45, 7) is 2.07. The normalized spacial score (nSPS) is 27.0. The molecular weight excluding hydrogens is 284 g/mol. The van der Waals surface area contributed by atoms with Crippen LogP contribution >= 0.6 is 0 Å². The first-order chi connectivity index (χ1) is 11.3. The van der Waals surface area contributed by atoms with Crippen molar-refractivity contribution >= 4 is 0 Å². The van der Waals surface area contributed by atoms with E-state index in [0.717, 1.165) is 23.8 Å². The number of ether oxygens (including phenoxy) is 2. The second kappa shape index (κ2) is 7.25. The molecule has 0 unspecified atom stereocenters. The number of benzene rings is 1. The molecule has 3 rings (SSSR count). The van der Waals surface area contributed by atoms with Crippen LogP contribution in [-0.4, -0.2) is 14.2 Å². The first-order valence-corrected chi connectivity index (χ1v) is 8.83. The third-order valence-corrected chi connectivity index (χ3v) is 5.59. The van der Waals surface area contributed by atoms with Crippen LogP contribution in [0.5, 0.6) is 11.5 Å². The first kappa shape index (κ1) is 16.2. The highest BCUT2D eigenvalue weighted by atomic mass is 16.5. The van der Waals surface area contributed by atoms with Crippen LogP contribution in [0.25, 0.3) is 0 Å². The lowest BCUT2D eigenvalue weighted by atomic mass is 9.63. The third-order valence-electron chi connectivity index (χ3n) is 5.59. The van der Waals surface area contributed by atoms with Gasteiger partial charge in [-0.25, -0.2) is 0 Å². The summed E-state index contributed by atoms with van der Waals surface area (Å²) in [6, 6.07) is 4.37. The van der Waals surface area contributed by atoms with Crippen LogP contribution < -0.4 is 9.47 Å². The number of rotatable bonds is 4.